The van der Waals surface area contributed by atoms with Gasteiger partial charge in [0.1, 0.15) is 11.4 Å². The SMILES string of the molecule is C=CCn1c(C)c(C(=O)Nc2cc(NC(C)=O)ccc2OC)c(C)c1C(=O)OCC. The number of esters is 1. The molecule has 1 heterocycles. The molecule has 0 saturated heterocycles. The first kappa shape index (κ1) is 22.7. The highest BCUT2D eigenvalue weighted by Crippen LogP contribution is 2.30. The van der Waals surface area contributed by atoms with Crippen LogP contribution >= 0.6 is 0 Å². The second-order valence-electron chi connectivity index (χ2n) is 6.60. The lowest BCUT2D eigenvalue weighted by Crippen LogP contribution is -2.15. The molecule has 0 saturated carbocycles. The van der Waals surface area contributed by atoms with Crippen molar-refractivity contribution in [2.45, 2.75) is 34.2 Å². The molecule has 1 aromatic heterocycles. The molecule has 0 unspecified atom stereocenters. The van der Waals surface area contributed by atoms with E-state index in [-0.39, 0.29) is 12.5 Å². The highest BCUT2D eigenvalue weighted by atomic mass is 16.5. The Morgan fingerprint density at radius 3 is 2.47 bits per heavy atom. The van der Waals surface area contributed by atoms with Gasteiger partial charge in [0, 0.05) is 24.8 Å². The number of nitrogens with zero attached hydrogens (tertiary/aromatic N) is 1. The molecule has 160 valence electrons. The monoisotopic (exact) mass is 413 g/mol. The van der Waals surface area contributed by atoms with Gasteiger partial charge in [0.25, 0.3) is 5.91 Å². The van der Waals surface area contributed by atoms with Crippen molar-refractivity contribution in [3.8, 4) is 5.75 Å². The number of anilines is 2. The van der Waals surface area contributed by atoms with E-state index >= 15 is 0 Å². The van der Waals surface area contributed by atoms with Crippen molar-refractivity contribution in [2.75, 3.05) is 24.4 Å². The van der Waals surface area contributed by atoms with Crippen LogP contribution in [0.1, 0.15) is 46.0 Å². The van der Waals surface area contributed by atoms with Crippen molar-refractivity contribution in [1.29, 1.82) is 0 Å². The summed E-state index contributed by atoms with van der Waals surface area (Å²) in [6, 6.07) is 4.93. The van der Waals surface area contributed by atoms with Gasteiger partial charge in [-0.3, -0.25) is 9.59 Å². The molecule has 0 atom stereocenters. The van der Waals surface area contributed by atoms with E-state index in [9.17, 15) is 14.4 Å². The van der Waals surface area contributed by atoms with E-state index in [0.29, 0.717) is 46.2 Å². The summed E-state index contributed by atoms with van der Waals surface area (Å²) in [4.78, 5) is 37.0. The van der Waals surface area contributed by atoms with Gasteiger partial charge in [-0.15, -0.1) is 6.58 Å². The topological polar surface area (TPSA) is 98.7 Å². The largest absolute Gasteiger partial charge is 0.495 e. The number of carbonyl (C=O) groups excluding carboxylic acids is 3. The van der Waals surface area contributed by atoms with Gasteiger partial charge in [0.15, 0.2) is 0 Å². The Hall–Kier alpha value is -3.55. The number of ether oxygens (including phenoxy) is 2. The Balaban J connectivity index is 2.49. The second kappa shape index (κ2) is 9.78. The number of methoxy groups -OCH3 is 1. The minimum atomic E-state index is -0.496. The van der Waals surface area contributed by atoms with Gasteiger partial charge >= 0.3 is 5.97 Å². The quantitative estimate of drug-likeness (QED) is 0.508. The van der Waals surface area contributed by atoms with Crippen LogP contribution in [0.15, 0.2) is 30.9 Å². The van der Waals surface area contributed by atoms with E-state index in [1.807, 2.05) is 0 Å². The van der Waals surface area contributed by atoms with Crippen LogP contribution in [0.4, 0.5) is 11.4 Å². The van der Waals surface area contributed by atoms with Gasteiger partial charge in [0.05, 0.1) is 25.0 Å². The summed E-state index contributed by atoms with van der Waals surface area (Å²) in [6.07, 6.45) is 1.65. The molecule has 0 aliphatic rings. The summed E-state index contributed by atoms with van der Waals surface area (Å²) in [6.45, 7) is 10.9. The number of allylic oxidation sites excluding steroid dienone is 1. The van der Waals surface area contributed by atoms with Crippen molar-refractivity contribution in [3.63, 3.8) is 0 Å². The van der Waals surface area contributed by atoms with E-state index in [1.54, 1.807) is 49.6 Å². The number of aromatic nitrogens is 1. The van der Waals surface area contributed by atoms with Gasteiger partial charge in [-0.05, 0) is 44.5 Å². The first-order valence-electron chi connectivity index (χ1n) is 9.49. The van der Waals surface area contributed by atoms with Crippen LogP contribution in [-0.2, 0) is 16.1 Å². The number of rotatable bonds is 8. The molecule has 0 bridgehead atoms. The number of carbonyl (C=O) groups is 3. The van der Waals surface area contributed by atoms with Gasteiger partial charge in [0.2, 0.25) is 5.91 Å². The van der Waals surface area contributed by atoms with Crippen LogP contribution < -0.4 is 15.4 Å². The molecule has 0 fully saturated rings. The summed E-state index contributed by atoms with van der Waals surface area (Å²) < 4.78 is 12.2. The number of benzene rings is 1. The van der Waals surface area contributed by atoms with Crippen molar-refractivity contribution in [3.05, 3.63) is 53.4 Å². The van der Waals surface area contributed by atoms with Crippen molar-refractivity contribution >= 4 is 29.2 Å². The second-order valence-corrected chi connectivity index (χ2v) is 6.60. The Morgan fingerprint density at radius 1 is 1.20 bits per heavy atom. The molecule has 0 spiro atoms. The number of hydrogen-bond acceptors (Lipinski definition) is 5. The lowest BCUT2D eigenvalue weighted by molar-refractivity contribution is -0.114. The summed E-state index contributed by atoms with van der Waals surface area (Å²) in [5, 5.41) is 5.49. The normalized spacial score (nSPS) is 10.3. The minimum absolute atomic E-state index is 0.227. The predicted molar refractivity (Wildman–Crippen MR) is 115 cm³/mol. The Labute approximate surface area is 175 Å². The molecule has 8 heteroatoms. The van der Waals surface area contributed by atoms with Crippen molar-refractivity contribution in [2.24, 2.45) is 0 Å². The van der Waals surface area contributed by atoms with Crippen LogP contribution in [0.5, 0.6) is 5.75 Å². The van der Waals surface area contributed by atoms with Gasteiger partial charge in [-0.25, -0.2) is 4.79 Å². The maximum atomic E-state index is 13.2. The smallest absolute Gasteiger partial charge is 0.355 e. The predicted octanol–water partition coefficient (Wildman–Crippen LogP) is 3.69. The minimum Gasteiger partial charge on any atom is -0.495 e. The fraction of sp³-hybridized carbons (Fsp3) is 0.318. The average molecular weight is 413 g/mol. The molecule has 0 radical (unpaired) electrons. The lowest BCUT2D eigenvalue weighted by Gasteiger charge is -2.13. The first-order valence-corrected chi connectivity index (χ1v) is 9.49. The Bertz CT molecular complexity index is 991. The first-order chi connectivity index (χ1) is 14.2. The molecule has 1 aromatic carbocycles. The molecule has 0 aliphatic carbocycles. The van der Waals surface area contributed by atoms with Crippen molar-refractivity contribution in [1.82, 2.24) is 4.57 Å². The summed E-state index contributed by atoms with van der Waals surface area (Å²) >= 11 is 0. The van der Waals surface area contributed by atoms with E-state index in [2.05, 4.69) is 17.2 Å². The third-order valence-corrected chi connectivity index (χ3v) is 4.54. The Morgan fingerprint density at radius 2 is 1.90 bits per heavy atom. The maximum Gasteiger partial charge on any atom is 0.355 e. The van der Waals surface area contributed by atoms with Crippen LogP contribution in [0.3, 0.4) is 0 Å². The third kappa shape index (κ3) is 4.71. The van der Waals surface area contributed by atoms with Crippen molar-refractivity contribution < 1.29 is 23.9 Å². The molecular weight excluding hydrogens is 386 g/mol. The Kier molecular flexibility index (Phi) is 7.41. The fourth-order valence-electron chi connectivity index (χ4n) is 3.32. The molecule has 8 nitrogen and oxygen atoms in total. The molecular formula is C22H27N3O5. The maximum absolute atomic E-state index is 13.2. The van der Waals surface area contributed by atoms with Crippen LogP contribution in [0, 0.1) is 13.8 Å². The molecule has 2 aromatic rings. The molecule has 2 amide bonds. The molecule has 2 N–H and O–H groups in total. The van der Waals surface area contributed by atoms with Crippen LogP contribution in [-0.4, -0.2) is 36.1 Å². The van der Waals surface area contributed by atoms with E-state index in [0.717, 1.165) is 0 Å². The average Bonchev–Trinajstić information content (AvgIpc) is 2.92. The summed E-state index contributed by atoms with van der Waals surface area (Å²) in [5.74, 6) is -0.700. The van der Waals surface area contributed by atoms with Crippen LogP contribution in [0.25, 0.3) is 0 Å². The molecule has 30 heavy (non-hydrogen) atoms. The van der Waals surface area contributed by atoms with E-state index in [1.165, 1.54) is 14.0 Å². The third-order valence-electron chi connectivity index (χ3n) is 4.54. The standard InChI is InChI=1S/C22H27N3O5/c1-7-11-25-14(4)19(13(3)20(25)22(28)30-8-2)21(27)24-17-12-16(23-15(5)26)9-10-18(17)29-6/h7,9-10,12H,1,8,11H2,2-6H3,(H,23,26)(H,24,27). The number of hydrogen-bond donors (Lipinski definition) is 2. The highest BCUT2D eigenvalue weighted by molar-refractivity contribution is 6.09. The highest BCUT2D eigenvalue weighted by Gasteiger charge is 2.27. The number of nitrogens with one attached hydrogen (secondary N) is 2. The fourth-order valence-corrected chi connectivity index (χ4v) is 3.32. The van der Waals surface area contributed by atoms with Gasteiger partial charge < -0.3 is 24.7 Å². The molecule has 0 aliphatic heterocycles. The van der Waals surface area contributed by atoms with E-state index < -0.39 is 11.9 Å². The molecule has 2 rings (SSSR count). The zero-order valence-corrected chi connectivity index (χ0v) is 17.9. The van der Waals surface area contributed by atoms with Gasteiger partial charge in [-0.1, -0.05) is 6.08 Å². The van der Waals surface area contributed by atoms with E-state index in [4.69, 9.17) is 9.47 Å². The zero-order valence-electron chi connectivity index (χ0n) is 17.9. The number of amides is 2. The summed E-state index contributed by atoms with van der Waals surface area (Å²) in [5.41, 5.74) is 2.72. The van der Waals surface area contributed by atoms with Gasteiger partial charge in [-0.2, -0.15) is 0 Å². The van der Waals surface area contributed by atoms with Crippen LogP contribution in [0.2, 0.25) is 0 Å². The lowest BCUT2D eigenvalue weighted by atomic mass is 10.1. The zero-order chi connectivity index (χ0) is 22.4. The summed E-state index contributed by atoms with van der Waals surface area (Å²) in [7, 11) is 1.49.